The van der Waals surface area contributed by atoms with Gasteiger partial charge >= 0.3 is 0 Å². The van der Waals surface area contributed by atoms with Crippen LogP contribution in [0, 0.1) is 5.92 Å². The summed E-state index contributed by atoms with van der Waals surface area (Å²) in [4.78, 5) is 31.0. The van der Waals surface area contributed by atoms with Crippen molar-refractivity contribution in [3.63, 3.8) is 0 Å². The fourth-order valence-corrected chi connectivity index (χ4v) is 3.83. The average Bonchev–Trinajstić information content (AvgIpc) is 3.18. The van der Waals surface area contributed by atoms with Crippen LogP contribution >= 0.6 is 0 Å². The highest BCUT2D eigenvalue weighted by Crippen LogP contribution is 2.22. The third kappa shape index (κ3) is 4.01. The Hall–Kier alpha value is -3.16. The van der Waals surface area contributed by atoms with E-state index in [4.69, 9.17) is 0 Å². The van der Waals surface area contributed by atoms with Gasteiger partial charge in [-0.15, -0.1) is 0 Å². The number of nitrogens with one attached hydrogen (secondary N) is 1. The van der Waals surface area contributed by atoms with Crippen molar-refractivity contribution in [2.45, 2.75) is 25.8 Å². The predicted molar refractivity (Wildman–Crippen MR) is 112 cm³/mol. The van der Waals surface area contributed by atoms with E-state index in [1.54, 1.807) is 25.6 Å². The second kappa shape index (κ2) is 8.06. The molecule has 8 heteroatoms. The molecule has 1 N–H and O–H groups in total. The smallest absolute Gasteiger partial charge is 0.268 e. The minimum atomic E-state index is -0.311. The normalized spacial score (nSPS) is 16.1. The maximum Gasteiger partial charge on any atom is 0.268 e. The molecule has 1 unspecified atom stereocenters. The lowest BCUT2D eigenvalue weighted by Crippen LogP contribution is -2.40. The largest absolute Gasteiger partial charge is 0.370 e. The topological polar surface area (TPSA) is 85.0 Å². The first-order valence-electron chi connectivity index (χ1n) is 10.0. The van der Waals surface area contributed by atoms with Gasteiger partial charge in [0, 0.05) is 32.7 Å². The lowest BCUT2D eigenvalue weighted by molar-refractivity contribution is -0.124. The van der Waals surface area contributed by atoms with Crippen LogP contribution < -0.4 is 15.8 Å². The van der Waals surface area contributed by atoms with Gasteiger partial charge in [0.05, 0.1) is 29.2 Å². The molecule has 8 nitrogen and oxygen atoms in total. The lowest BCUT2D eigenvalue weighted by atomic mass is 9.96. The van der Waals surface area contributed by atoms with Crippen LogP contribution in [0.4, 0.5) is 5.69 Å². The van der Waals surface area contributed by atoms with Gasteiger partial charge in [-0.2, -0.15) is 5.10 Å². The molecule has 1 aliphatic rings. The molecular weight excluding hydrogens is 368 g/mol. The Morgan fingerprint density at radius 2 is 2.03 bits per heavy atom. The van der Waals surface area contributed by atoms with Gasteiger partial charge in [0.2, 0.25) is 5.91 Å². The first-order chi connectivity index (χ1) is 14.0. The Bertz CT molecular complexity index is 1060. The highest BCUT2D eigenvalue weighted by Gasteiger charge is 2.22. The molecule has 1 aliphatic heterocycles. The number of aryl methyl sites for hydroxylation is 1. The number of carbonyl (C=O) groups excluding carboxylic acids is 1. The predicted octanol–water partition coefficient (Wildman–Crippen LogP) is 1.72. The Kier molecular flexibility index (Phi) is 5.33. The Balaban J connectivity index is 1.30. The zero-order valence-electron chi connectivity index (χ0n) is 16.8. The number of rotatable bonds is 5. The van der Waals surface area contributed by atoms with Gasteiger partial charge in [0.1, 0.15) is 6.04 Å². The number of hydrogen-bond acceptors (Lipinski definition) is 5. The number of benzene rings is 1. The molecule has 152 valence electrons. The second-order valence-electron chi connectivity index (χ2n) is 7.67. The number of aromatic nitrogens is 4. The van der Waals surface area contributed by atoms with Crippen LogP contribution in [0.2, 0.25) is 0 Å². The summed E-state index contributed by atoms with van der Waals surface area (Å²) >= 11 is 0. The summed E-state index contributed by atoms with van der Waals surface area (Å²) in [5, 5.41) is 7.20. The average molecular weight is 394 g/mol. The number of piperidine rings is 1. The van der Waals surface area contributed by atoms with Gasteiger partial charge in [0.25, 0.3) is 5.56 Å². The minimum Gasteiger partial charge on any atom is -0.370 e. The number of amides is 1. The summed E-state index contributed by atoms with van der Waals surface area (Å²) in [7, 11) is 1.65. The molecule has 3 heterocycles. The molecule has 29 heavy (non-hydrogen) atoms. The van der Waals surface area contributed by atoms with Crippen molar-refractivity contribution < 1.29 is 4.79 Å². The molecule has 0 saturated carbocycles. The van der Waals surface area contributed by atoms with Crippen LogP contribution in [0.5, 0.6) is 0 Å². The van der Waals surface area contributed by atoms with Crippen molar-refractivity contribution >= 4 is 22.6 Å². The number of imidazole rings is 1. The highest BCUT2D eigenvalue weighted by molar-refractivity contribution is 5.83. The second-order valence-corrected chi connectivity index (χ2v) is 7.67. The first kappa shape index (κ1) is 19.2. The Labute approximate surface area is 169 Å². The van der Waals surface area contributed by atoms with Gasteiger partial charge in [0.15, 0.2) is 0 Å². The quantitative estimate of drug-likeness (QED) is 0.712. The molecule has 0 spiro atoms. The monoisotopic (exact) mass is 394 g/mol. The lowest BCUT2D eigenvalue weighted by Gasteiger charge is -2.33. The van der Waals surface area contributed by atoms with E-state index in [1.807, 2.05) is 35.8 Å². The third-order valence-electron chi connectivity index (χ3n) is 5.78. The number of hydrogen-bond donors (Lipinski definition) is 1. The van der Waals surface area contributed by atoms with E-state index in [9.17, 15) is 9.59 Å². The molecule has 1 saturated heterocycles. The zero-order chi connectivity index (χ0) is 20.4. The highest BCUT2D eigenvalue weighted by atomic mass is 16.2. The maximum absolute atomic E-state index is 12.7. The standard InChI is InChI=1S/C21H26N6O2/c1-15(27-14-23-18-5-3-4-6-19(18)27)21(29)22-12-16-7-9-26(10-8-16)17-11-20(28)25(2)24-13-17/h3-6,11,13-16H,7-10,12H2,1-2H3,(H,22,29). The molecule has 3 aromatic rings. The summed E-state index contributed by atoms with van der Waals surface area (Å²) in [6, 6.07) is 9.15. The first-order valence-corrected chi connectivity index (χ1v) is 10.0. The summed E-state index contributed by atoms with van der Waals surface area (Å²) in [5.41, 5.74) is 2.63. The maximum atomic E-state index is 12.7. The van der Waals surface area contributed by atoms with Crippen LogP contribution in [-0.4, -0.2) is 44.9 Å². The SMILES string of the molecule is CC(C(=O)NCC1CCN(c2cnn(C)c(=O)c2)CC1)n1cnc2ccccc21. The van der Waals surface area contributed by atoms with Crippen molar-refractivity contribution in [1.82, 2.24) is 24.6 Å². The molecule has 1 atom stereocenters. The summed E-state index contributed by atoms with van der Waals surface area (Å²) in [6.45, 7) is 4.28. The van der Waals surface area contributed by atoms with Gasteiger partial charge in [-0.05, 0) is 37.8 Å². The summed E-state index contributed by atoms with van der Waals surface area (Å²) in [6.07, 6.45) is 5.40. The molecule has 1 aromatic carbocycles. The van der Waals surface area contributed by atoms with Crippen molar-refractivity contribution in [3.8, 4) is 0 Å². The van der Waals surface area contributed by atoms with Gasteiger partial charge < -0.3 is 14.8 Å². The van der Waals surface area contributed by atoms with E-state index in [2.05, 4.69) is 20.3 Å². The van der Waals surface area contributed by atoms with Crippen molar-refractivity contribution in [3.05, 3.63) is 53.2 Å². The van der Waals surface area contributed by atoms with E-state index in [0.29, 0.717) is 12.5 Å². The molecule has 2 aromatic heterocycles. The van der Waals surface area contributed by atoms with E-state index in [1.165, 1.54) is 4.68 Å². The molecule has 1 amide bonds. The fraction of sp³-hybridized carbons (Fsp3) is 0.429. The molecule has 0 aliphatic carbocycles. The van der Waals surface area contributed by atoms with Crippen LogP contribution in [0.3, 0.4) is 0 Å². The number of fused-ring (bicyclic) bond motifs is 1. The Morgan fingerprint density at radius 1 is 1.28 bits per heavy atom. The van der Waals surface area contributed by atoms with Crippen LogP contribution in [0.25, 0.3) is 11.0 Å². The van der Waals surface area contributed by atoms with Gasteiger partial charge in [-0.1, -0.05) is 12.1 Å². The fourth-order valence-electron chi connectivity index (χ4n) is 3.83. The van der Waals surface area contributed by atoms with Crippen LogP contribution in [0.15, 0.2) is 47.7 Å². The van der Waals surface area contributed by atoms with E-state index in [-0.39, 0.29) is 17.5 Å². The minimum absolute atomic E-state index is 0.00587. The van der Waals surface area contributed by atoms with E-state index in [0.717, 1.165) is 42.7 Å². The molecule has 0 bridgehead atoms. The van der Waals surface area contributed by atoms with E-state index < -0.39 is 0 Å². The summed E-state index contributed by atoms with van der Waals surface area (Å²) in [5.74, 6) is 0.438. The number of anilines is 1. The van der Waals surface area contributed by atoms with Crippen LogP contribution in [-0.2, 0) is 11.8 Å². The van der Waals surface area contributed by atoms with Gasteiger partial charge in [-0.3, -0.25) is 9.59 Å². The number of para-hydroxylation sites is 2. The number of carbonyl (C=O) groups is 1. The molecule has 0 radical (unpaired) electrons. The Morgan fingerprint density at radius 3 is 2.79 bits per heavy atom. The van der Waals surface area contributed by atoms with Crippen molar-refractivity contribution in [1.29, 1.82) is 0 Å². The van der Waals surface area contributed by atoms with E-state index >= 15 is 0 Å². The molecular formula is C21H26N6O2. The van der Waals surface area contributed by atoms with Crippen molar-refractivity contribution in [2.75, 3.05) is 24.5 Å². The molecule has 4 rings (SSSR count). The number of nitrogens with zero attached hydrogens (tertiary/aromatic N) is 5. The summed E-state index contributed by atoms with van der Waals surface area (Å²) < 4.78 is 3.24. The van der Waals surface area contributed by atoms with Gasteiger partial charge in [-0.25, -0.2) is 9.67 Å². The van der Waals surface area contributed by atoms with Crippen molar-refractivity contribution in [2.24, 2.45) is 13.0 Å². The van der Waals surface area contributed by atoms with Crippen LogP contribution in [0.1, 0.15) is 25.8 Å². The third-order valence-corrected chi connectivity index (χ3v) is 5.78. The molecule has 1 fully saturated rings. The zero-order valence-corrected chi connectivity index (χ0v) is 16.8.